The van der Waals surface area contributed by atoms with Crippen LogP contribution in [0.5, 0.6) is 5.75 Å². The van der Waals surface area contributed by atoms with Crippen LogP contribution in [0.4, 0.5) is 0 Å². The molecule has 0 amide bonds. The molecule has 0 aliphatic carbocycles. The maximum Gasteiger partial charge on any atom is 0.120 e. The predicted molar refractivity (Wildman–Crippen MR) is 77.5 cm³/mol. The van der Waals surface area contributed by atoms with Crippen LogP contribution in [-0.2, 0) is 4.74 Å². The fourth-order valence-corrected chi connectivity index (χ4v) is 2.47. The Labute approximate surface area is 122 Å². The average molecular weight is 330 g/mol. The Bertz CT molecular complexity index is 402. The second-order valence-electron chi connectivity index (χ2n) is 4.80. The summed E-state index contributed by atoms with van der Waals surface area (Å²) in [6.07, 6.45) is 0.699. The molecule has 3 unspecified atom stereocenters. The molecule has 3 atom stereocenters. The molecule has 0 spiro atoms. The first-order valence-electron chi connectivity index (χ1n) is 6.56. The fraction of sp³-hybridized carbons (Fsp3) is 0.571. The summed E-state index contributed by atoms with van der Waals surface area (Å²) in [4.78, 5) is 0. The van der Waals surface area contributed by atoms with Gasteiger partial charge in [-0.15, -0.1) is 0 Å². The SMILES string of the molecule is CC1OCCC1NCC(O)COc1cccc(Br)c1. The van der Waals surface area contributed by atoms with Gasteiger partial charge in [0.1, 0.15) is 18.5 Å². The number of hydrogen-bond acceptors (Lipinski definition) is 4. The van der Waals surface area contributed by atoms with Crippen molar-refractivity contribution in [3.8, 4) is 5.75 Å². The first-order valence-corrected chi connectivity index (χ1v) is 7.36. The molecule has 0 bridgehead atoms. The molecule has 1 saturated heterocycles. The van der Waals surface area contributed by atoms with Crippen LogP contribution in [0.2, 0.25) is 0 Å². The van der Waals surface area contributed by atoms with Gasteiger partial charge >= 0.3 is 0 Å². The second-order valence-corrected chi connectivity index (χ2v) is 5.72. The zero-order valence-corrected chi connectivity index (χ0v) is 12.6. The summed E-state index contributed by atoms with van der Waals surface area (Å²) in [6.45, 7) is 3.65. The van der Waals surface area contributed by atoms with Crippen LogP contribution in [0.25, 0.3) is 0 Å². The van der Waals surface area contributed by atoms with Gasteiger partial charge in [0.15, 0.2) is 0 Å². The Hall–Kier alpha value is -0.620. The Balaban J connectivity index is 1.68. The molecule has 1 heterocycles. The summed E-state index contributed by atoms with van der Waals surface area (Å²) >= 11 is 3.38. The maximum absolute atomic E-state index is 9.89. The van der Waals surface area contributed by atoms with Gasteiger partial charge in [0.2, 0.25) is 0 Å². The van der Waals surface area contributed by atoms with E-state index >= 15 is 0 Å². The van der Waals surface area contributed by atoms with Crippen molar-refractivity contribution in [2.24, 2.45) is 0 Å². The largest absolute Gasteiger partial charge is 0.491 e. The van der Waals surface area contributed by atoms with E-state index in [1.165, 1.54) is 0 Å². The average Bonchev–Trinajstić information content (AvgIpc) is 2.80. The Kier molecular flexibility index (Phi) is 5.63. The summed E-state index contributed by atoms with van der Waals surface area (Å²) < 4.78 is 12.0. The molecule has 0 saturated carbocycles. The molecule has 1 aromatic carbocycles. The van der Waals surface area contributed by atoms with Gasteiger partial charge in [-0.2, -0.15) is 0 Å². The molecule has 106 valence electrons. The summed E-state index contributed by atoms with van der Waals surface area (Å²) in [6, 6.07) is 7.93. The van der Waals surface area contributed by atoms with Crippen molar-refractivity contribution >= 4 is 15.9 Å². The van der Waals surface area contributed by atoms with E-state index < -0.39 is 6.10 Å². The lowest BCUT2D eigenvalue weighted by Crippen LogP contribution is -2.41. The number of ether oxygens (including phenoxy) is 2. The number of aliphatic hydroxyl groups excluding tert-OH is 1. The molecule has 2 N–H and O–H groups in total. The third-order valence-electron chi connectivity index (χ3n) is 3.23. The first kappa shape index (κ1) is 14.8. The molecular formula is C14H20BrNO3. The lowest BCUT2D eigenvalue weighted by atomic mass is 10.1. The second kappa shape index (κ2) is 7.24. The molecule has 0 aromatic heterocycles. The minimum Gasteiger partial charge on any atom is -0.491 e. The van der Waals surface area contributed by atoms with Crippen LogP contribution in [-0.4, -0.2) is 43.1 Å². The summed E-state index contributed by atoms with van der Waals surface area (Å²) in [7, 11) is 0. The number of aliphatic hydroxyl groups is 1. The topological polar surface area (TPSA) is 50.7 Å². The Morgan fingerprint density at radius 1 is 1.58 bits per heavy atom. The summed E-state index contributed by atoms with van der Waals surface area (Å²) in [5.41, 5.74) is 0. The van der Waals surface area contributed by atoms with E-state index in [0.717, 1.165) is 23.2 Å². The third-order valence-corrected chi connectivity index (χ3v) is 3.72. The van der Waals surface area contributed by atoms with Gasteiger partial charge < -0.3 is 19.9 Å². The molecule has 1 aliphatic rings. The Morgan fingerprint density at radius 2 is 2.42 bits per heavy atom. The van der Waals surface area contributed by atoms with Gasteiger partial charge in [-0.05, 0) is 31.5 Å². The van der Waals surface area contributed by atoms with Crippen LogP contribution in [0.3, 0.4) is 0 Å². The molecule has 1 aliphatic heterocycles. The molecule has 0 radical (unpaired) electrons. The van der Waals surface area contributed by atoms with Crippen molar-refractivity contribution in [1.82, 2.24) is 5.32 Å². The van der Waals surface area contributed by atoms with E-state index in [9.17, 15) is 5.11 Å². The van der Waals surface area contributed by atoms with Gasteiger partial charge in [-0.3, -0.25) is 0 Å². The first-order chi connectivity index (χ1) is 9.15. The van der Waals surface area contributed by atoms with E-state index in [1.807, 2.05) is 24.3 Å². The number of halogens is 1. The summed E-state index contributed by atoms with van der Waals surface area (Å²) in [5.74, 6) is 0.756. The van der Waals surface area contributed by atoms with Crippen LogP contribution < -0.4 is 10.1 Å². The molecule has 1 aromatic rings. The molecule has 1 fully saturated rings. The van der Waals surface area contributed by atoms with E-state index in [2.05, 4.69) is 28.2 Å². The molecule has 4 nitrogen and oxygen atoms in total. The minimum absolute atomic E-state index is 0.221. The molecule has 19 heavy (non-hydrogen) atoms. The highest BCUT2D eigenvalue weighted by Crippen LogP contribution is 2.18. The van der Waals surface area contributed by atoms with Crippen molar-refractivity contribution in [2.75, 3.05) is 19.8 Å². The normalized spacial score (nSPS) is 24.4. The number of hydrogen-bond donors (Lipinski definition) is 2. The van der Waals surface area contributed by atoms with Gasteiger partial charge in [-0.25, -0.2) is 0 Å². The van der Waals surface area contributed by atoms with Gasteiger partial charge in [0.05, 0.1) is 6.10 Å². The highest BCUT2D eigenvalue weighted by Gasteiger charge is 2.24. The standard InChI is InChI=1S/C14H20BrNO3/c1-10-14(5-6-18-10)16-8-12(17)9-19-13-4-2-3-11(15)7-13/h2-4,7,10,12,14,16-17H,5-6,8-9H2,1H3. The molecular weight excluding hydrogens is 310 g/mol. The van der Waals surface area contributed by atoms with E-state index in [1.54, 1.807) is 0 Å². The zero-order valence-electron chi connectivity index (χ0n) is 11.0. The van der Waals surface area contributed by atoms with E-state index in [-0.39, 0.29) is 12.7 Å². The number of benzene rings is 1. The molecule has 5 heteroatoms. The van der Waals surface area contributed by atoms with E-state index in [4.69, 9.17) is 9.47 Å². The maximum atomic E-state index is 9.89. The van der Waals surface area contributed by atoms with Crippen LogP contribution in [0.15, 0.2) is 28.7 Å². The van der Waals surface area contributed by atoms with Crippen LogP contribution in [0, 0.1) is 0 Å². The van der Waals surface area contributed by atoms with Gasteiger partial charge in [-0.1, -0.05) is 22.0 Å². The zero-order chi connectivity index (χ0) is 13.7. The third kappa shape index (κ3) is 4.76. The highest BCUT2D eigenvalue weighted by atomic mass is 79.9. The molecule has 2 rings (SSSR count). The lowest BCUT2D eigenvalue weighted by Gasteiger charge is -2.19. The predicted octanol–water partition coefficient (Wildman–Crippen LogP) is 1.96. The van der Waals surface area contributed by atoms with Crippen LogP contribution in [0.1, 0.15) is 13.3 Å². The van der Waals surface area contributed by atoms with Crippen molar-refractivity contribution in [1.29, 1.82) is 0 Å². The Morgan fingerprint density at radius 3 is 3.11 bits per heavy atom. The van der Waals surface area contributed by atoms with E-state index in [0.29, 0.717) is 12.6 Å². The minimum atomic E-state index is -0.521. The quantitative estimate of drug-likeness (QED) is 0.837. The van der Waals surface area contributed by atoms with Gasteiger partial charge in [0, 0.05) is 23.7 Å². The van der Waals surface area contributed by atoms with Crippen molar-refractivity contribution < 1.29 is 14.6 Å². The lowest BCUT2D eigenvalue weighted by molar-refractivity contribution is 0.0897. The fourth-order valence-electron chi connectivity index (χ4n) is 2.10. The van der Waals surface area contributed by atoms with Crippen molar-refractivity contribution in [3.63, 3.8) is 0 Å². The van der Waals surface area contributed by atoms with Gasteiger partial charge in [0.25, 0.3) is 0 Å². The summed E-state index contributed by atoms with van der Waals surface area (Å²) in [5, 5.41) is 13.2. The van der Waals surface area contributed by atoms with Crippen molar-refractivity contribution in [3.05, 3.63) is 28.7 Å². The smallest absolute Gasteiger partial charge is 0.120 e. The number of nitrogens with one attached hydrogen (secondary N) is 1. The van der Waals surface area contributed by atoms with Crippen LogP contribution >= 0.6 is 15.9 Å². The number of rotatable bonds is 6. The van der Waals surface area contributed by atoms with Crippen molar-refractivity contribution in [2.45, 2.75) is 31.6 Å². The monoisotopic (exact) mass is 329 g/mol. The highest BCUT2D eigenvalue weighted by molar-refractivity contribution is 9.10.